The second kappa shape index (κ2) is 9.43. The fourth-order valence-electron chi connectivity index (χ4n) is 8.25. The standard InChI is InChI=1S/C44H24IN4/c1-2-10-27(11-3-1)48-37-17-9-5-13-29(37)30-20-18-26(23-39(30)48)25-19-21-38-32(22-25)40-41-31(28-12-4-6-14-34(28)45-41)24-33-42-44(49(38)43(33)40)47-36-16-8-7-15-35(36)46-42/h1-24H/q-1. The van der Waals surface area contributed by atoms with Crippen molar-refractivity contribution in [2.75, 3.05) is 0 Å². The van der Waals surface area contributed by atoms with Crippen molar-refractivity contribution in [3.8, 4) is 27.9 Å². The fraction of sp³-hybridized carbons (Fsp3) is 0. The van der Waals surface area contributed by atoms with Gasteiger partial charge in [0.05, 0.1) is 0 Å². The Balaban J connectivity index is 1.18. The third kappa shape index (κ3) is 3.42. The topological polar surface area (TPSA) is 35.1 Å². The summed E-state index contributed by atoms with van der Waals surface area (Å²) in [4.78, 5) is 10.5. The van der Waals surface area contributed by atoms with Crippen LogP contribution in [0.5, 0.6) is 0 Å². The van der Waals surface area contributed by atoms with E-state index in [0.717, 1.165) is 22.2 Å². The molecule has 0 aliphatic carbocycles. The minimum absolute atomic E-state index is 0.344. The molecule has 12 rings (SSSR count). The fourth-order valence-corrected chi connectivity index (χ4v) is 11.5. The Morgan fingerprint density at radius 1 is 0.490 bits per heavy atom. The maximum atomic E-state index is 5.25. The molecule has 0 fully saturated rings. The van der Waals surface area contributed by atoms with E-state index >= 15 is 0 Å². The first-order valence-corrected chi connectivity index (χ1v) is 18.7. The van der Waals surface area contributed by atoms with Crippen LogP contribution < -0.4 is 21.2 Å². The molecule has 228 valence electrons. The number of fused-ring (bicyclic) bond motifs is 14. The molecule has 1 aliphatic rings. The van der Waals surface area contributed by atoms with Crippen molar-refractivity contribution < 1.29 is 21.2 Å². The average molecular weight is 736 g/mol. The molecule has 0 atom stereocenters. The van der Waals surface area contributed by atoms with Gasteiger partial charge in [-0.25, -0.2) is 0 Å². The Bertz CT molecular complexity index is 3190. The number of nitrogens with zero attached hydrogens (tertiary/aromatic N) is 4. The van der Waals surface area contributed by atoms with Gasteiger partial charge in [-0.15, -0.1) is 0 Å². The van der Waals surface area contributed by atoms with E-state index in [-0.39, 0.29) is 21.2 Å². The van der Waals surface area contributed by atoms with Crippen molar-refractivity contribution in [2.45, 2.75) is 0 Å². The Labute approximate surface area is 290 Å². The van der Waals surface area contributed by atoms with E-state index in [1.54, 1.807) is 0 Å². The number of benzene rings is 7. The number of hydrogen-bond donors (Lipinski definition) is 0. The van der Waals surface area contributed by atoms with E-state index < -0.39 is 0 Å². The average Bonchev–Trinajstić information content (AvgIpc) is 3.88. The van der Waals surface area contributed by atoms with E-state index in [1.807, 2.05) is 12.1 Å². The summed E-state index contributed by atoms with van der Waals surface area (Å²) in [5, 5.41) is 6.39. The molecule has 5 heterocycles. The molecule has 0 radical (unpaired) electrons. The first-order chi connectivity index (χ1) is 24.3. The van der Waals surface area contributed by atoms with Crippen molar-refractivity contribution >= 4 is 71.2 Å². The summed E-state index contributed by atoms with van der Waals surface area (Å²) in [6.07, 6.45) is 0. The zero-order valence-electron chi connectivity index (χ0n) is 26.0. The molecule has 1 aliphatic heterocycles. The zero-order chi connectivity index (χ0) is 31.8. The van der Waals surface area contributed by atoms with E-state index in [0.29, 0.717) is 0 Å². The summed E-state index contributed by atoms with van der Waals surface area (Å²) >= 11 is -0.344. The maximum absolute atomic E-state index is 5.25. The van der Waals surface area contributed by atoms with Gasteiger partial charge in [0, 0.05) is 0 Å². The molecular weight excluding hydrogens is 711 g/mol. The molecule has 0 spiro atoms. The molecule has 0 N–H and O–H groups in total. The van der Waals surface area contributed by atoms with Gasteiger partial charge in [-0.1, -0.05) is 6.07 Å². The second-order valence-electron chi connectivity index (χ2n) is 13.0. The van der Waals surface area contributed by atoms with Crippen LogP contribution >= 0.6 is 0 Å². The van der Waals surface area contributed by atoms with Crippen LogP contribution in [-0.4, -0.2) is 18.9 Å². The number of para-hydroxylation sites is 4. The Morgan fingerprint density at radius 2 is 1.22 bits per heavy atom. The van der Waals surface area contributed by atoms with E-state index in [4.69, 9.17) is 9.97 Å². The SMILES string of the molecule is c1ccc(-n2c3ccccc3c3ccc(-c4ccc5c(c4)c4c6c(cc7c8nc9ccccc9nc8n5c74)-c4ccccc4[I-]6)cc32)cc1. The molecule has 0 bridgehead atoms. The van der Waals surface area contributed by atoms with Gasteiger partial charge in [0.25, 0.3) is 0 Å². The summed E-state index contributed by atoms with van der Waals surface area (Å²) in [7, 11) is 0. The van der Waals surface area contributed by atoms with Crippen LogP contribution in [0.3, 0.4) is 0 Å². The number of aromatic nitrogens is 4. The van der Waals surface area contributed by atoms with Crippen LogP contribution in [0, 0.1) is 7.14 Å². The van der Waals surface area contributed by atoms with E-state index in [2.05, 4.69) is 142 Å². The summed E-state index contributed by atoms with van der Waals surface area (Å²) < 4.78 is 7.80. The predicted molar refractivity (Wildman–Crippen MR) is 197 cm³/mol. The van der Waals surface area contributed by atoms with Gasteiger partial charge in [-0.05, 0) is 0 Å². The van der Waals surface area contributed by atoms with Gasteiger partial charge in [0.1, 0.15) is 0 Å². The van der Waals surface area contributed by atoms with Gasteiger partial charge in [-0.2, -0.15) is 0 Å². The monoisotopic (exact) mass is 735 g/mol. The van der Waals surface area contributed by atoms with Gasteiger partial charge in [0.15, 0.2) is 0 Å². The minimum atomic E-state index is -0.344. The molecule has 4 nitrogen and oxygen atoms in total. The van der Waals surface area contributed by atoms with Crippen LogP contribution in [0.2, 0.25) is 0 Å². The van der Waals surface area contributed by atoms with Crippen LogP contribution in [0.4, 0.5) is 0 Å². The summed E-state index contributed by atoms with van der Waals surface area (Å²) in [6, 6.07) is 53.1. The van der Waals surface area contributed by atoms with Crippen molar-refractivity contribution in [1.82, 2.24) is 18.9 Å². The van der Waals surface area contributed by atoms with Gasteiger partial charge in [0.2, 0.25) is 0 Å². The molecule has 7 aromatic carbocycles. The Morgan fingerprint density at radius 3 is 2.14 bits per heavy atom. The van der Waals surface area contributed by atoms with Gasteiger partial charge < -0.3 is 0 Å². The van der Waals surface area contributed by atoms with E-state index in [9.17, 15) is 0 Å². The number of hydrogen-bond acceptors (Lipinski definition) is 2. The second-order valence-corrected chi connectivity index (χ2v) is 15.7. The number of halogens is 1. The molecular formula is C44H24IN4-. The Kier molecular flexibility index (Phi) is 5.04. The Hall–Kier alpha value is -5.79. The van der Waals surface area contributed by atoms with Crippen LogP contribution in [-0.2, 0) is 0 Å². The third-order valence-electron chi connectivity index (χ3n) is 10.4. The summed E-state index contributed by atoms with van der Waals surface area (Å²) in [5.41, 5.74) is 15.0. The first-order valence-electron chi connectivity index (χ1n) is 16.6. The van der Waals surface area contributed by atoms with Crippen molar-refractivity contribution in [3.05, 3.63) is 153 Å². The molecule has 0 amide bonds. The van der Waals surface area contributed by atoms with Crippen molar-refractivity contribution in [3.63, 3.8) is 0 Å². The third-order valence-corrected chi connectivity index (χ3v) is 13.5. The molecule has 5 heteroatoms. The van der Waals surface area contributed by atoms with Gasteiger partial charge >= 0.3 is 286 Å². The molecule has 0 saturated carbocycles. The van der Waals surface area contributed by atoms with Crippen LogP contribution in [0.25, 0.3) is 99.1 Å². The van der Waals surface area contributed by atoms with Crippen LogP contribution in [0.1, 0.15) is 0 Å². The van der Waals surface area contributed by atoms with Crippen molar-refractivity contribution in [1.29, 1.82) is 0 Å². The quantitative estimate of drug-likeness (QED) is 0.171. The van der Waals surface area contributed by atoms with Crippen molar-refractivity contribution in [2.24, 2.45) is 0 Å². The van der Waals surface area contributed by atoms with Gasteiger partial charge in [-0.3, -0.25) is 0 Å². The molecule has 11 aromatic rings. The molecule has 0 unspecified atom stereocenters. The molecule has 0 saturated heterocycles. The molecule has 49 heavy (non-hydrogen) atoms. The predicted octanol–water partition coefficient (Wildman–Crippen LogP) is 7.65. The number of rotatable bonds is 2. The van der Waals surface area contributed by atoms with E-state index in [1.165, 1.54) is 84.1 Å². The zero-order valence-corrected chi connectivity index (χ0v) is 28.2. The summed E-state index contributed by atoms with van der Waals surface area (Å²) in [5.74, 6) is 0. The normalized spacial score (nSPS) is 13.0. The molecule has 4 aromatic heterocycles. The van der Waals surface area contributed by atoms with Crippen LogP contribution in [0.15, 0.2) is 146 Å². The summed E-state index contributed by atoms with van der Waals surface area (Å²) in [6.45, 7) is 0. The first kappa shape index (κ1) is 26.2.